The van der Waals surface area contributed by atoms with Crippen LogP contribution in [0.15, 0.2) is 41.8 Å². The van der Waals surface area contributed by atoms with E-state index in [9.17, 15) is 4.79 Å². The lowest BCUT2D eigenvalue weighted by molar-refractivity contribution is -0.120. The van der Waals surface area contributed by atoms with Crippen molar-refractivity contribution in [3.8, 4) is 5.69 Å². The minimum Gasteiger partial charge on any atom is -0.352 e. The molecule has 0 saturated heterocycles. The van der Waals surface area contributed by atoms with Crippen LogP contribution in [0.3, 0.4) is 0 Å². The van der Waals surface area contributed by atoms with Crippen molar-refractivity contribution in [3.63, 3.8) is 0 Å². The van der Waals surface area contributed by atoms with Crippen molar-refractivity contribution in [1.29, 1.82) is 0 Å². The number of thioether (sulfide) groups is 1. The van der Waals surface area contributed by atoms with Crippen molar-refractivity contribution in [2.24, 2.45) is 11.8 Å². The lowest BCUT2D eigenvalue weighted by Crippen LogP contribution is -2.44. The summed E-state index contributed by atoms with van der Waals surface area (Å²) in [7, 11) is 0. The molecule has 0 aliphatic heterocycles. The molecule has 24 heavy (non-hydrogen) atoms. The third-order valence-corrected chi connectivity index (χ3v) is 5.88. The highest BCUT2D eigenvalue weighted by Gasteiger charge is 2.28. The number of hydrogen-bond acceptors (Lipinski definition) is 4. The van der Waals surface area contributed by atoms with E-state index in [1.165, 1.54) is 24.6 Å². The van der Waals surface area contributed by atoms with E-state index >= 15 is 0 Å². The van der Waals surface area contributed by atoms with E-state index in [4.69, 9.17) is 0 Å². The molecule has 0 unspecified atom stereocenters. The maximum Gasteiger partial charge on any atom is 0.230 e. The van der Waals surface area contributed by atoms with Crippen LogP contribution in [-0.2, 0) is 4.79 Å². The molecule has 5 nitrogen and oxygen atoms in total. The van der Waals surface area contributed by atoms with Gasteiger partial charge in [0, 0.05) is 11.7 Å². The highest BCUT2D eigenvalue weighted by molar-refractivity contribution is 7.99. The number of nitrogens with zero attached hydrogens (tertiary/aromatic N) is 3. The monoisotopic (exact) mass is 344 g/mol. The molecule has 1 N–H and O–H groups in total. The number of para-hydroxylation sites is 1. The highest BCUT2D eigenvalue weighted by Crippen LogP contribution is 2.29. The SMILES string of the molecule is C[C@@H]1[C@H](C)CCC[C@H]1NC(=O)CSc1nncn1-c1ccccc1. The van der Waals surface area contributed by atoms with E-state index in [0.717, 1.165) is 17.3 Å². The second kappa shape index (κ2) is 7.83. The first kappa shape index (κ1) is 17.0. The third kappa shape index (κ3) is 3.98. The Kier molecular flexibility index (Phi) is 5.56. The number of carbonyl (C=O) groups is 1. The molecule has 1 aliphatic carbocycles. The molecule has 128 valence electrons. The van der Waals surface area contributed by atoms with E-state index in [1.54, 1.807) is 6.33 Å². The molecule has 1 saturated carbocycles. The molecule has 6 heteroatoms. The summed E-state index contributed by atoms with van der Waals surface area (Å²) >= 11 is 1.42. The summed E-state index contributed by atoms with van der Waals surface area (Å²) in [5.41, 5.74) is 1.00. The smallest absolute Gasteiger partial charge is 0.230 e. The van der Waals surface area contributed by atoms with E-state index < -0.39 is 0 Å². The molecule has 1 aromatic heterocycles. The van der Waals surface area contributed by atoms with Crippen LogP contribution in [0.4, 0.5) is 0 Å². The molecule has 0 bridgehead atoms. The second-order valence-corrected chi connectivity index (χ2v) is 7.49. The molecular formula is C18H24N4OS. The van der Waals surface area contributed by atoms with Crippen molar-refractivity contribution in [2.45, 2.75) is 44.3 Å². The van der Waals surface area contributed by atoms with Gasteiger partial charge in [0.05, 0.1) is 5.75 Å². The van der Waals surface area contributed by atoms with Crippen LogP contribution >= 0.6 is 11.8 Å². The Morgan fingerprint density at radius 3 is 2.88 bits per heavy atom. The van der Waals surface area contributed by atoms with Crippen LogP contribution in [0.2, 0.25) is 0 Å². The zero-order valence-electron chi connectivity index (χ0n) is 14.2. The van der Waals surface area contributed by atoms with Gasteiger partial charge >= 0.3 is 0 Å². The van der Waals surface area contributed by atoms with Gasteiger partial charge in [-0.25, -0.2) is 0 Å². The van der Waals surface area contributed by atoms with Gasteiger partial charge in [-0.3, -0.25) is 9.36 Å². The molecule has 1 aliphatic rings. The maximum atomic E-state index is 12.3. The predicted octanol–water partition coefficient (Wildman–Crippen LogP) is 3.30. The molecule has 3 rings (SSSR count). The van der Waals surface area contributed by atoms with Crippen molar-refractivity contribution in [3.05, 3.63) is 36.7 Å². The van der Waals surface area contributed by atoms with Gasteiger partial charge in [-0.05, 0) is 30.4 Å². The van der Waals surface area contributed by atoms with Crippen LogP contribution in [0, 0.1) is 11.8 Å². The normalized spacial score (nSPS) is 23.8. The standard InChI is InChI=1S/C18H24N4OS/c1-13-7-6-10-16(14(13)2)20-17(23)11-24-18-21-19-12-22(18)15-8-4-3-5-9-15/h3-5,8-9,12-14,16H,6-7,10-11H2,1-2H3,(H,20,23)/t13-,14-,16-/m1/s1. The topological polar surface area (TPSA) is 59.8 Å². The van der Waals surface area contributed by atoms with Gasteiger partial charge in [-0.1, -0.05) is 56.7 Å². The van der Waals surface area contributed by atoms with Crippen molar-refractivity contribution in [2.75, 3.05) is 5.75 Å². The fraction of sp³-hybridized carbons (Fsp3) is 0.500. The Bertz CT molecular complexity index is 673. The van der Waals surface area contributed by atoms with E-state index in [-0.39, 0.29) is 5.91 Å². The van der Waals surface area contributed by atoms with Crippen LogP contribution in [0.25, 0.3) is 5.69 Å². The minimum absolute atomic E-state index is 0.0774. The maximum absolute atomic E-state index is 12.3. The molecule has 1 aromatic carbocycles. The lowest BCUT2D eigenvalue weighted by Gasteiger charge is -2.34. The van der Waals surface area contributed by atoms with Gasteiger partial charge in [0.25, 0.3) is 0 Å². The molecule has 1 amide bonds. The number of carbonyl (C=O) groups excluding carboxylic acids is 1. The number of nitrogens with one attached hydrogen (secondary N) is 1. The first-order valence-electron chi connectivity index (χ1n) is 8.52. The first-order valence-corrected chi connectivity index (χ1v) is 9.51. The lowest BCUT2D eigenvalue weighted by atomic mass is 9.78. The molecule has 2 aromatic rings. The Balaban J connectivity index is 1.57. The van der Waals surface area contributed by atoms with Gasteiger partial charge in [0.2, 0.25) is 5.91 Å². The van der Waals surface area contributed by atoms with Crippen molar-refractivity contribution >= 4 is 17.7 Å². The number of aromatic nitrogens is 3. The number of benzene rings is 1. The van der Waals surface area contributed by atoms with E-state index in [2.05, 4.69) is 29.4 Å². The second-order valence-electron chi connectivity index (χ2n) is 6.55. The van der Waals surface area contributed by atoms with Gasteiger partial charge < -0.3 is 5.32 Å². The van der Waals surface area contributed by atoms with Crippen molar-refractivity contribution in [1.82, 2.24) is 20.1 Å². The summed E-state index contributed by atoms with van der Waals surface area (Å²) < 4.78 is 1.91. The van der Waals surface area contributed by atoms with Gasteiger partial charge in [0.1, 0.15) is 6.33 Å². The summed E-state index contributed by atoms with van der Waals surface area (Å²) in [6.07, 6.45) is 5.23. The Hall–Kier alpha value is -1.82. The van der Waals surface area contributed by atoms with Gasteiger partial charge in [0.15, 0.2) is 5.16 Å². The fourth-order valence-electron chi connectivity index (χ4n) is 3.25. The Labute approximate surface area is 147 Å². The molecular weight excluding hydrogens is 320 g/mol. The largest absolute Gasteiger partial charge is 0.352 e. The van der Waals surface area contributed by atoms with Crippen molar-refractivity contribution < 1.29 is 4.79 Å². The summed E-state index contributed by atoms with van der Waals surface area (Å²) in [5.74, 6) is 1.66. The van der Waals surface area contributed by atoms with E-state index in [1.807, 2.05) is 34.9 Å². The summed E-state index contributed by atoms with van der Waals surface area (Å²) in [6.45, 7) is 4.52. The zero-order valence-corrected chi connectivity index (χ0v) is 15.0. The average Bonchev–Trinajstić information content (AvgIpc) is 3.06. The number of hydrogen-bond donors (Lipinski definition) is 1. The summed E-state index contributed by atoms with van der Waals surface area (Å²) in [6, 6.07) is 10.2. The summed E-state index contributed by atoms with van der Waals surface area (Å²) in [4.78, 5) is 12.3. The fourth-order valence-corrected chi connectivity index (χ4v) is 3.99. The van der Waals surface area contributed by atoms with E-state index in [0.29, 0.717) is 23.6 Å². The Morgan fingerprint density at radius 1 is 1.29 bits per heavy atom. The average molecular weight is 344 g/mol. The minimum atomic E-state index is 0.0774. The van der Waals surface area contributed by atoms with Crippen LogP contribution < -0.4 is 5.32 Å². The first-order chi connectivity index (χ1) is 11.6. The molecule has 0 spiro atoms. The Morgan fingerprint density at radius 2 is 2.08 bits per heavy atom. The van der Waals surface area contributed by atoms with Gasteiger partial charge in [-0.2, -0.15) is 0 Å². The molecule has 1 heterocycles. The molecule has 3 atom stereocenters. The molecule has 1 fully saturated rings. The van der Waals surface area contributed by atoms with Crippen LogP contribution in [0.1, 0.15) is 33.1 Å². The number of amides is 1. The highest BCUT2D eigenvalue weighted by atomic mass is 32.2. The predicted molar refractivity (Wildman–Crippen MR) is 96.2 cm³/mol. The third-order valence-electron chi connectivity index (χ3n) is 4.94. The zero-order chi connectivity index (χ0) is 16.9. The molecule has 0 radical (unpaired) electrons. The van der Waals surface area contributed by atoms with Crippen LogP contribution in [0.5, 0.6) is 0 Å². The van der Waals surface area contributed by atoms with Gasteiger partial charge in [-0.15, -0.1) is 10.2 Å². The van der Waals surface area contributed by atoms with Crippen LogP contribution in [-0.4, -0.2) is 32.5 Å². The quantitative estimate of drug-likeness (QED) is 0.846. The summed E-state index contributed by atoms with van der Waals surface area (Å²) in [5, 5.41) is 12.0. The number of rotatable bonds is 5.